The lowest BCUT2D eigenvalue weighted by molar-refractivity contribution is -0.131. The fourth-order valence-corrected chi connectivity index (χ4v) is 1.89. The number of amides is 3. The van der Waals surface area contributed by atoms with E-state index >= 15 is 0 Å². The van der Waals surface area contributed by atoms with Crippen molar-refractivity contribution in [3.8, 4) is 0 Å². The van der Waals surface area contributed by atoms with Gasteiger partial charge < -0.3 is 15.5 Å². The van der Waals surface area contributed by atoms with Crippen molar-refractivity contribution < 1.29 is 14.4 Å². The Morgan fingerprint density at radius 3 is 2.00 bits per heavy atom. The zero-order valence-electron chi connectivity index (χ0n) is 13.6. The number of hydrogen-bond acceptors (Lipinski definition) is 3. The molecule has 0 saturated heterocycles. The molecule has 0 spiro atoms. The summed E-state index contributed by atoms with van der Waals surface area (Å²) in [6.45, 7) is 5.22. The number of benzene rings is 1. The predicted molar refractivity (Wildman–Crippen MR) is 85.9 cm³/mol. The van der Waals surface area contributed by atoms with Crippen molar-refractivity contribution >= 4 is 23.4 Å². The van der Waals surface area contributed by atoms with Crippen LogP contribution >= 0.6 is 0 Å². The fraction of sp³-hybridized carbons (Fsp3) is 0.438. The molecule has 0 aliphatic rings. The SMILES string of the molecule is CC(=O)c1ccc(NC(=O)N[C@H](C(=O)N(C)C)C(C)C)cc1. The van der Waals surface area contributed by atoms with E-state index in [1.807, 2.05) is 13.8 Å². The first-order valence-electron chi connectivity index (χ1n) is 7.12. The molecule has 1 atom stereocenters. The van der Waals surface area contributed by atoms with Crippen LogP contribution in [0.1, 0.15) is 31.1 Å². The molecule has 120 valence electrons. The first-order chi connectivity index (χ1) is 10.2. The van der Waals surface area contributed by atoms with E-state index in [1.54, 1.807) is 38.4 Å². The average Bonchev–Trinajstić information content (AvgIpc) is 2.44. The maximum atomic E-state index is 12.0. The van der Waals surface area contributed by atoms with E-state index in [9.17, 15) is 14.4 Å². The van der Waals surface area contributed by atoms with Crippen LogP contribution in [0.25, 0.3) is 0 Å². The Kier molecular flexibility index (Phi) is 6.10. The van der Waals surface area contributed by atoms with Gasteiger partial charge in [-0.25, -0.2) is 4.79 Å². The second-order valence-electron chi connectivity index (χ2n) is 5.69. The molecular formula is C16H23N3O3. The van der Waals surface area contributed by atoms with E-state index in [-0.39, 0.29) is 17.6 Å². The monoisotopic (exact) mass is 305 g/mol. The summed E-state index contributed by atoms with van der Waals surface area (Å²) in [4.78, 5) is 36.7. The Hall–Kier alpha value is -2.37. The van der Waals surface area contributed by atoms with Gasteiger partial charge in [0, 0.05) is 25.3 Å². The highest BCUT2D eigenvalue weighted by atomic mass is 16.2. The summed E-state index contributed by atoms with van der Waals surface area (Å²) in [5.74, 6) is -0.217. The number of carbonyl (C=O) groups is 3. The second-order valence-corrected chi connectivity index (χ2v) is 5.69. The van der Waals surface area contributed by atoms with Gasteiger partial charge in [0.1, 0.15) is 6.04 Å². The number of urea groups is 1. The quantitative estimate of drug-likeness (QED) is 0.818. The summed E-state index contributed by atoms with van der Waals surface area (Å²) in [5.41, 5.74) is 1.14. The van der Waals surface area contributed by atoms with E-state index in [4.69, 9.17) is 0 Å². The zero-order valence-corrected chi connectivity index (χ0v) is 13.6. The van der Waals surface area contributed by atoms with Crippen LogP contribution in [0.3, 0.4) is 0 Å². The van der Waals surface area contributed by atoms with E-state index in [0.717, 1.165) is 0 Å². The van der Waals surface area contributed by atoms with Crippen molar-refractivity contribution in [2.45, 2.75) is 26.8 Å². The third-order valence-electron chi connectivity index (χ3n) is 3.21. The highest BCUT2D eigenvalue weighted by molar-refractivity contribution is 5.96. The molecule has 0 aliphatic heterocycles. The Bertz CT molecular complexity index is 550. The molecule has 0 aliphatic carbocycles. The Balaban J connectivity index is 2.71. The molecule has 0 unspecified atom stereocenters. The Labute approximate surface area is 130 Å². The van der Waals surface area contributed by atoms with Crippen LogP contribution in [0.4, 0.5) is 10.5 Å². The van der Waals surface area contributed by atoms with Gasteiger partial charge in [0.15, 0.2) is 5.78 Å². The van der Waals surface area contributed by atoms with Gasteiger partial charge in [0.2, 0.25) is 5.91 Å². The number of nitrogens with one attached hydrogen (secondary N) is 2. The maximum Gasteiger partial charge on any atom is 0.319 e. The van der Waals surface area contributed by atoms with Crippen molar-refractivity contribution in [2.75, 3.05) is 19.4 Å². The minimum Gasteiger partial charge on any atom is -0.347 e. The van der Waals surface area contributed by atoms with Crippen LogP contribution in [0.15, 0.2) is 24.3 Å². The number of hydrogen-bond donors (Lipinski definition) is 2. The summed E-state index contributed by atoms with van der Waals surface area (Å²) < 4.78 is 0. The average molecular weight is 305 g/mol. The molecular weight excluding hydrogens is 282 g/mol. The summed E-state index contributed by atoms with van der Waals surface area (Å²) >= 11 is 0. The number of likely N-dealkylation sites (N-methyl/N-ethyl adjacent to an activating group) is 1. The van der Waals surface area contributed by atoms with Gasteiger partial charge in [-0.15, -0.1) is 0 Å². The molecule has 0 radical (unpaired) electrons. The lowest BCUT2D eigenvalue weighted by Gasteiger charge is -2.24. The molecule has 0 bridgehead atoms. The third-order valence-corrected chi connectivity index (χ3v) is 3.21. The molecule has 1 aromatic rings. The molecule has 0 fully saturated rings. The first kappa shape index (κ1) is 17.7. The lowest BCUT2D eigenvalue weighted by atomic mass is 10.0. The van der Waals surface area contributed by atoms with E-state index in [2.05, 4.69) is 10.6 Å². The van der Waals surface area contributed by atoms with Gasteiger partial charge in [0.05, 0.1) is 0 Å². The Morgan fingerprint density at radius 1 is 1.05 bits per heavy atom. The highest BCUT2D eigenvalue weighted by Gasteiger charge is 2.25. The predicted octanol–water partition coefficient (Wildman–Crippen LogP) is 2.12. The number of ketones is 1. The Morgan fingerprint density at radius 2 is 1.59 bits per heavy atom. The second kappa shape index (κ2) is 7.59. The highest BCUT2D eigenvalue weighted by Crippen LogP contribution is 2.11. The van der Waals surface area contributed by atoms with Crippen LogP contribution in [0.5, 0.6) is 0 Å². The van der Waals surface area contributed by atoms with Crippen molar-refractivity contribution in [3.05, 3.63) is 29.8 Å². The summed E-state index contributed by atoms with van der Waals surface area (Å²) in [6.07, 6.45) is 0. The maximum absolute atomic E-state index is 12.0. The van der Waals surface area contributed by atoms with Gasteiger partial charge in [0.25, 0.3) is 0 Å². The van der Waals surface area contributed by atoms with Gasteiger partial charge in [-0.1, -0.05) is 13.8 Å². The number of anilines is 1. The lowest BCUT2D eigenvalue weighted by Crippen LogP contribution is -2.50. The largest absolute Gasteiger partial charge is 0.347 e. The minimum atomic E-state index is -0.591. The smallest absolute Gasteiger partial charge is 0.319 e. The molecule has 0 heterocycles. The number of rotatable bonds is 5. The number of carbonyl (C=O) groups excluding carboxylic acids is 3. The molecule has 6 heteroatoms. The van der Waals surface area contributed by atoms with E-state index in [0.29, 0.717) is 11.3 Å². The summed E-state index contributed by atoms with van der Waals surface area (Å²) in [5, 5.41) is 5.33. The molecule has 0 aromatic heterocycles. The summed E-state index contributed by atoms with van der Waals surface area (Å²) in [6, 6.07) is 5.53. The normalized spacial score (nSPS) is 11.7. The van der Waals surface area contributed by atoms with Gasteiger partial charge >= 0.3 is 6.03 Å². The third kappa shape index (κ3) is 4.87. The fourth-order valence-electron chi connectivity index (χ4n) is 1.89. The van der Waals surface area contributed by atoms with Crippen LogP contribution in [-0.4, -0.2) is 42.8 Å². The van der Waals surface area contributed by atoms with Crippen molar-refractivity contribution in [3.63, 3.8) is 0 Å². The number of Topliss-reactive ketones (excluding diaryl/α,β-unsaturated/α-hetero) is 1. The topological polar surface area (TPSA) is 78.5 Å². The van der Waals surface area contributed by atoms with Gasteiger partial charge in [-0.2, -0.15) is 0 Å². The van der Waals surface area contributed by atoms with Crippen molar-refractivity contribution in [1.82, 2.24) is 10.2 Å². The van der Waals surface area contributed by atoms with Crippen LogP contribution in [-0.2, 0) is 4.79 Å². The molecule has 2 N–H and O–H groups in total. The minimum absolute atomic E-state index is 0.0271. The first-order valence-corrected chi connectivity index (χ1v) is 7.12. The molecule has 1 rings (SSSR count). The van der Waals surface area contributed by atoms with Crippen LogP contribution in [0, 0.1) is 5.92 Å². The standard InChI is InChI=1S/C16H23N3O3/c1-10(2)14(15(21)19(4)5)18-16(22)17-13-8-6-12(7-9-13)11(3)20/h6-10,14H,1-5H3,(H2,17,18,22)/t14-/m0/s1. The van der Waals surface area contributed by atoms with E-state index in [1.165, 1.54) is 11.8 Å². The molecule has 22 heavy (non-hydrogen) atoms. The molecule has 1 aromatic carbocycles. The van der Waals surface area contributed by atoms with Crippen LogP contribution < -0.4 is 10.6 Å². The number of nitrogens with zero attached hydrogens (tertiary/aromatic N) is 1. The zero-order chi connectivity index (χ0) is 16.9. The molecule has 6 nitrogen and oxygen atoms in total. The van der Waals surface area contributed by atoms with Crippen LogP contribution in [0.2, 0.25) is 0 Å². The molecule has 3 amide bonds. The molecule has 0 saturated carbocycles. The van der Waals surface area contributed by atoms with Crippen molar-refractivity contribution in [2.24, 2.45) is 5.92 Å². The van der Waals surface area contributed by atoms with Gasteiger partial charge in [-0.05, 0) is 37.1 Å². The van der Waals surface area contributed by atoms with E-state index < -0.39 is 12.1 Å². The summed E-state index contributed by atoms with van der Waals surface area (Å²) in [7, 11) is 3.30. The van der Waals surface area contributed by atoms with Gasteiger partial charge in [-0.3, -0.25) is 9.59 Å². The van der Waals surface area contributed by atoms with Crippen molar-refractivity contribution in [1.29, 1.82) is 0 Å².